The Morgan fingerprint density at radius 1 is 1.44 bits per heavy atom. The summed E-state index contributed by atoms with van der Waals surface area (Å²) >= 11 is 5.37. The Hall–Kier alpha value is -1.13. The van der Waals surface area contributed by atoms with Crippen molar-refractivity contribution in [2.75, 3.05) is 24.8 Å². The van der Waals surface area contributed by atoms with Crippen molar-refractivity contribution in [2.45, 2.75) is 13.8 Å². The van der Waals surface area contributed by atoms with E-state index in [4.69, 9.17) is 12.2 Å². The monoisotopic (exact) mass is 236 g/mol. The second-order valence-corrected chi connectivity index (χ2v) is 4.52. The van der Waals surface area contributed by atoms with Crippen LogP contribution in [0.3, 0.4) is 0 Å². The van der Waals surface area contributed by atoms with Gasteiger partial charge in [0.25, 0.3) is 0 Å². The van der Waals surface area contributed by atoms with Crippen LogP contribution in [-0.4, -0.2) is 25.0 Å². The lowest BCUT2D eigenvalue weighted by Crippen LogP contribution is -3.17. The van der Waals surface area contributed by atoms with Crippen molar-refractivity contribution in [3.8, 4) is 0 Å². The van der Waals surface area contributed by atoms with Crippen molar-refractivity contribution in [3.05, 3.63) is 29.8 Å². The number of benzene rings is 1. The van der Waals surface area contributed by atoms with E-state index >= 15 is 0 Å². The third-order valence-corrected chi connectivity index (χ3v) is 3.39. The Kier molecular flexibility index (Phi) is 3.41. The van der Waals surface area contributed by atoms with Gasteiger partial charge in [0, 0.05) is 0 Å². The minimum atomic E-state index is 0.839. The Balaban J connectivity index is 2.25. The first-order valence-corrected chi connectivity index (χ1v) is 6.07. The summed E-state index contributed by atoms with van der Waals surface area (Å²) in [5.74, 6) is 0. The van der Waals surface area contributed by atoms with Crippen LogP contribution in [0.5, 0.6) is 0 Å². The first-order valence-electron chi connectivity index (χ1n) is 5.67. The molecule has 1 aliphatic rings. The van der Waals surface area contributed by atoms with Gasteiger partial charge in [-0.05, 0) is 37.7 Å². The van der Waals surface area contributed by atoms with E-state index in [-0.39, 0.29) is 0 Å². The van der Waals surface area contributed by atoms with Crippen molar-refractivity contribution >= 4 is 23.0 Å². The van der Waals surface area contributed by atoms with Gasteiger partial charge < -0.3 is 10.2 Å². The summed E-state index contributed by atoms with van der Waals surface area (Å²) in [6.07, 6.45) is 0. The number of aryl methyl sites for hydroxylation is 1. The van der Waals surface area contributed by atoms with Gasteiger partial charge in [0.2, 0.25) is 0 Å². The van der Waals surface area contributed by atoms with E-state index in [2.05, 4.69) is 48.3 Å². The van der Waals surface area contributed by atoms with Crippen molar-refractivity contribution in [1.82, 2.24) is 5.32 Å². The average molecular weight is 236 g/mol. The predicted molar refractivity (Wildman–Crippen MR) is 70.6 cm³/mol. The highest BCUT2D eigenvalue weighted by Crippen LogP contribution is 2.18. The van der Waals surface area contributed by atoms with E-state index in [0.717, 1.165) is 25.0 Å². The fourth-order valence-electron chi connectivity index (χ4n) is 1.95. The van der Waals surface area contributed by atoms with Crippen LogP contribution in [0.2, 0.25) is 0 Å². The van der Waals surface area contributed by atoms with Crippen molar-refractivity contribution < 1.29 is 4.90 Å². The molecule has 1 aliphatic heterocycles. The fourth-order valence-corrected chi connectivity index (χ4v) is 2.18. The highest BCUT2D eigenvalue weighted by Gasteiger charge is 2.24. The second-order valence-electron chi connectivity index (χ2n) is 4.13. The molecule has 0 amide bonds. The molecule has 16 heavy (non-hydrogen) atoms. The Morgan fingerprint density at radius 2 is 2.19 bits per heavy atom. The van der Waals surface area contributed by atoms with Crippen LogP contribution in [0.15, 0.2) is 24.3 Å². The number of anilines is 1. The third kappa shape index (κ3) is 2.18. The molecule has 0 saturated carbocycles. The van der Waals surface area contributed by atoms with Gasteiger partial charge in [0.05, 0.1) is 12.2 Å². The van der Waals surface area contributed by atoms with Gasteiger partial charge in [-0.15, -0.1) is 0 Å². The molecule has 3 nitrogen and oxygen atoms in total. The zero-order valence-electron chi connectivity index (χ0n) is 9.79. The summed E-state index contributed by atoms with van der Waals surface area (Å²) in [5, 5.41) is 4.12. The zero-order valence-corrected chi connectivity index (χ0v) is 10.6. The van der Waals surface area contributed by atoms with Crippen LogP contribution < -0.4 is 15.1 Å². The van der Waals surface area contributed by atoms with Gasteiger partial charge in [-0.3, -0.25) is 4.90 Å². The van der Waals surface area contributed by atoms with Gasteiger partial charge in [0.15, 0.2) is 18.4 Å². The highest BCUT2D eigenvalue weighted by molar-refractivity contribution is 7.80. The maximum absolute atomic E-state index is 5.37. The van der Waals surface area contributed by atoms with Crippen LogP contribution in [0.4, 0.5) is 5.69 Å². The van der Waals surface area contributed by atoms with Crippen LogP contribution in [0.25, 0.3) is 0 Å². The van der Waals surface area contributed by atoms with E-state index in [1.165, 1.54) is 16.2 Å². The number of quaternary nitrogens is 1. The summed E-state index contributed by atoms with van der Waals surface area (Å²) in [7, 11) is 0. The number of para-hydroxylation sites is 1. The largest absolute Gasteiger partial charge is 0.315 e. The van der Waals surface area contributed by atoms with Crippen molar-refractivity contribution in [1.29, 1.82) is 0 Å². The molecule has 1 saturated heterocycles. The molecular formula is C12H18N3S+. The normalized spacial score (nSPS) is 20.8. The lowest BCUT2D eigenvalue weighted by Gasteiger charge is -2.35. The first kappa shape index (κ1) is 11.4. The zero-order chi connectivity index (χ0) is 11.5. The molecule has 1 atom stereocenters. The van der Waals surface area contributed by atoms with E-state index in [9.17, 15) is 0 Å². The van der Waals surface area contributed by atoms with Crippen LogP contribution in [0.1, 0.15) is 12.5 Å². The third-order valence-electron chi connectivity index (χ3n) is 3.02. The number of hydrogen-bond donors (Lipinski definition) is 2. The maximum atomic E-state index is 5.37. The molecule has 1 unspecified atom stereocenters. The molecule has 86 valence electrons. The summed E-state index contributed by atoms with van der Waals surface area (Å²) in [6, 6.07) is 8.37. The number of nitrogens with zero attached hydrogens (tertiary/aromatic N) is 1. The van der Waals surface area contributed by atoms with E-state index in [1.807, 2.05) is 0 Å². The highest BCUT2D eigenvalue weighted by atomic mass is 32.1. The molecule has 1 fully saturated rings. The molecule has 0 radical (unpaired) electrons. The number of hydrogen-bond acceptors (Lipinski definition) is 1. The Bertz CT molecular complexity index is 392. The van der Waals surface area contributed by atoms with Crippen LogP contribution in [0, 0.1) is 6.92 Å². The van der Waals surface area contributed by atoms with Crippen molar-refractivity contribution in [2.24, 2.45) is 0 Å². The average Bonchev–Trinajstić information content (AvgIpc) is 2.31. The van der Waals surface area contributed by atoms with E-state index in [1.54, 1.807) is 0 Å². The van der Waals surface area contributed by atoms with Gasteiger partial charge in [-0.1, -0.05) is 18.2 Å². The molecule has 1 aromatic carbocycles. The second kappa shape index (κ2) is 4.80. The molecule has 0 bridgehead atoms. The molecule has 2 rings (SSSR count). The molecule has 0 aliphatic carbocycles. The van der Waals surface area contributed by atoms with E-state index < -0.39 is 0 Å². The minimum Gasteiger partial charge on any atom is -0.315 e. The fraction of sp³-hybridized carbons (Fsp3) is 0.417. The summed E-state index contributed by atoms with van der Waals surface area (Å²) in [6.45, 7) is 7.31. The van der Waals surface area contributed by atoms with Crippen molar-refractivity contribution in [3.63, 3.8) is 0 Å². The molecule has 4 heteroatoms. The summed E-state index contributed by atoms with van der Waals surface area (Å²) in [4.78, 5) is 3.68. The molecule has 1 heterocycles. The lowest BCUT2D eigenvalue weighted by atomic mass is 10.2. The van der Waals surface area contributed by atoms with Crippen LogP contribution in [-0.2, 0) is 0 Å². The Morgan fingerprint density at radius 3 is 2.88 bits per heavy atom. The summed E-state index contributed by atoms with van der Waals surface area (Å²) < 4.78 is 0. The summed E-state index contributed by atoms with van der Waals surface area (Å²) in [5.41, 5.74) is 2.48. The predicted octanol–water partition coefficient (Wildman–Crippen LogP) is 0.509. The molecule has 0 aromatic heterocycles. The maximum Gasteiger partial charge on any atom is 0.182 e. The molecule has 1 aromatic rings. The smallest absolute Gasteiger partial charge is 0.182 e. The van der Waals surface area contributed by atoms with Gasteiger partial charge in [0.1, 0.15) is 0 Å². The van der Waals surface area contributed by atoms with Gasteiger partial charge >= 0.3 is 0 Å². The lowest BCUT2D eigenvalue weighted by molar-refractivity contribution is -0.901. The quantitative estimate of drug-likeness (QED) is 0.730. The SMILES string of the molecule is CC[NH+]1CNC(=S)N(c2ccccc2C)C1. The van der Waals surface area contributed by atoms with Crippen LogP contribution >= 0.6 is 12.2 Å². The molecule has 2 N–H and O–H groups in total. The number of nitrogens with one attached hydrogen (secondary N) is 2. The van der Waals surface area contributed by atoms with Gasteiger partial charge in [-0.2, -0.15) is 0 Å². The topological polar surface area (TPSA) is 19.7 Å². The number of thiocarbonyl (C=S) groups is 1. The first-order chi connectivity index (χ1) is 7.72. The minimum absolute atomic E-state index is 0.839. The standard InChI is InChI=1S/C12H17N3S/c1-3-14-8-13-12(16)15(9-14)11-7-5-4-6-10(11)2/h4-7H,3,8-9H2,1-2H3,(H,13,16)/p+1. The Labute approximate surface area is 102 Å². The van der Waals surface area contributed by atoms with E-state index in [0.29, 0.717) is 0 Å². The molecular weight excluding hydrogens is 218 g/mol. The van der Waals surface area contributed by atoms with Gasteiger partial charge in [-0.25, -0.2) is 0 Å². The number of rotatable bonds is 2. The molecule has 0 spiro atoms.